The van der Waals surface area contributed by atoms with Crippen LogP contribution in [0.2, 0.25) is 5.02 Å². The SMILES string of the molecule is COc1cc(C)c(/C(O)=C2\C(=O)C(=O)N(c3ccc(F)c(Cl)c3)C2c2ccco2)cc1C(C)C. The molecule has 176 valence electrons. The lowest BCUT2D eigenvalue weighted by Gasteiger charge is -2.24. The highest BCUT2D eigenvalue weighted by Gasteiger charge is 2.48. The van der Waals surface area contributed by atoms with Crippen LogP contribution in [0.5, 0.6) is 5.75 Å². The summed E-state index contributed by atoms with van der Waals surface area (Å²) in [5, 5.41) is 11.2. The van der Waals surface area contributed by atoms with Crippen LogP contribution in [0.3, 0.4) is 0 Å². The fourth-order valence-corrected chi connectivity index (χ4v) is 4.35. The van der Waals surface area contributed by atoms with Gasteiger partial charge in [-0.25, -0.2) is 4.39 Å². The number of hydrogen-bond acceptors (Lipinski definition) is 5. The minimum absolute atomic E-state index is 0.0757. The van der Waals surface area contributed by atoms with E-state index in [9.17, 15) is 19.1 Å². The second-order valence-electron chi connectivity index (χ2n) is 8.35. The Labute approximate surface area is 201 Å². The maximum atomic E-state index is 13.8. The Balaban J connectivity index is 1.96. The fourth-order valence-electron chi connectivity index (χ4n) is 4.18. The molecule has 2 heterocycles. The standard InChI is InChI=1S/C26H23ClFNO5/c1-13(2)16-12-17(14(3)10-21(16)33-4)24(30)22-23(20-6-5-9-34-20)29(26(32)25(22)31)15-7-8-19(28)18(27)11-15/h5-13,23,30H,1-4H3/b24-22+. The summed E-state index contributed by atoms with van der Waals surface area (Å²) in [5.41, 5.74) is 1.96. The summed E-state index contributed by atoms with van der Waals surface area (Å²) in [7, 11) is 1.57. The predicted octanol–water partition coefficient (Wildman–Crippen LogP) is 6.14. The molecule has 6 nitrogen and oxygen atoms in total. The molecule has 1 N–H and O–H groups in total. The van der Waals surface area contributed by atoms with Gasteiger partial charge < -0.3 is 14.3 Å². The normalized spacial score (nSPS) is 17.6. The number of hydrogen-bond donors (Lipinski definition) is 1. The van der Waals surface area contributed by atoms with E-state index >= 15 is 0 Å². The summed E-state index contributed by atoms with van der Waals surface area (Å²) in [4.78, 5) is 27.5. The first-order valence-corrected chi connectivity index (χ1v) is 11.0. The summed E-state index contributed by atoms with van der Waals surface area (Å²) < 4.78 is 24.8. The van der Waals surface area contributed by atoms with Gasteiger partial charge in [-0.2, -0.15) is 0 Å². The number of amides is 1. The molecular weight excluding hydrogens is 461 g/mol. The van der Waals surface area contributed by atoms with E-state index in [1.807, 2.05) is 13.8 Å². The fraction of sp³-hybridized carbons (Fsp3) is 0.231. The Morgan fingerprint density at radius 3 is 2.53 bits per heavy atom. The molecule has 3 aromatic rings. The van der Waals surface area contributed by atoms with Crippen molar-refractivity contribution in [1.29, 1.82) is 0 Å². The van der Waals surface area contributed by atoms with Crippen LogP contribution < -0.4 is 9.64 Å². The second kappa shape index (κ2) is 8.99. The third-order valence-corrected chi connectivity index (χ3v) is 6.18. The Morgan fingerprint density at radius 1 is 1.21 bits per heavy atom. The van der Waals surface area contributed by atoms with Crippen molar-refractivity contribution in [2.24, 2.45) is 0 Å². The first kappa shape index (κ1) is 23.6. The van der Waals surface area contributed by atoms with Gasteiger partial charge in [0.1, 0.15) is 29.1 Å². The van der Waals surface area contributed by atoms with E-state index in [0.29, 0.717) is 16.9 Å². The van der Waals surface area contributed by atoms with Gasteiger partial charge in [0.25, 0.3) is 11.7 Å². The zero-order valence-corrected chi connectivity index (χ0v) is 19.8. The van der Waals surface area contributed by atoms with E-state index in [1.54, 1.807) is 38.3 Å². The van der Waals surface area contributed by atoms with Gasteiger partial charge in [0, 0.05) is 11.3 Å². The Hall–Kier alpha value is -3.58. The number of aliphatic hydroxyl groups excluding tert-OH is 1. The van der Waals surface area contributed by atoms with Crippen molar-refractivity contribution >= 4 is 34.7 Å². The molecule has 0 bridgehead atoms. The van der Waals surface area contributed by atoms with Gasteiger partial charge in [0.05, 0.1) is 24.0 Å². The van der Waals surface area contributed by atoms with Crippen molar-refractivity contribution in [3.8, 4) is 5.75 Å². The molecular formula is C26H23ClFNO5. The van der Waals surface area contributed by atoms with E-state index in [4.69, 9.17) is 20.8 Å². The number of benzene rings is 2. The molecule has 1 unspecified atom stereocenters. The number of halogens is 2. The van der Waals surface area contributed by atoms with E-state index in [0.717, 1.165) is 16.5 Å². The van der Waals surface area contributed by atoms with Gasteiger partial charge >= 0.3 is 0 Å². The molecule has 1 aliphatic rings. The lowest BCUT2D eigenvalue weighted by molar-refractivity contribution is -0.132. The van der Waals surface area contributed by atoms with Crippen molar-refractivity contribution in [3.63, 3.8) is 0 Å². The monoisotopic (exact) mass is 483 g/mol. The summed E-state index contributed by atoms with van der Waals surface area (Å²) >= 11 is 5.95. The van der Waals surface area contributed by atoms with Crippen LogP contribution in [-0.2, 0) is 9.59 Å². The number of aliphatic hydroxyl groups is 1. The van der Waals surface area contributed by atoms with Crippen molar-refractivity contribution in [3.05, 3.63) is 87.6 Å². The number of furan rings is 1. The number of Topliss-reactive ketones (excluding diaryl/α,β-unsaturated/α-hetero) is 1. The Bertz CT molecular complexity index is 1310. The topological polar surface area (TPSA) is 80.0 Å². The lowest BCUT2D eigenvalue weighted by Crippen LogP contribution is -2.29. The van der Waals surface area contributed by atoms with Crippen LogP contribution in [0, 0.1) is 12.7 Å². The lowest BCUT2D eigenvalue weighted by atomic mass is 9.92. The van der Waals surface area contributed by atoms with Crippen LogP contribution in [-0.4, -0.2) is 23.9 Å². The Kier molecular flexibility index (Phi) is 6.23. The van der Waals surface area contributed by atoms with Crippen molar-refractivity contribution in [1.82, 2.24) is 0 Å². The largest absolute Gasteiger partial charge is 0.507 e. The quantitative estimate of drug-likeness (QED) is 0.268. The number of rotatable bonds is 5. The molecule has 2 aromatic carbocycles. The molecule has 1 saturated heterocycles. The minimum Gasteiger partial charge on any atom is -0.507 e. The molecule has 0 spiro atoms. The van der Waals surface area contributed by atoms with Crippen LogP contribution in [0.15, 0.2) is 58.7 Å². The van der Waals surface area contributed by atoms with Gasteiger partial charge in [-0.1, -0.05) is 25.4 Å². The molecule has 0 aliphatic carbocycles. The van der Waals surface area contributed by atoms with E-state index in [1.165, 1.54) is 18.4 Å². The molecule has 34 heavy (non-hydrogen) atoms. The molecule has 4 rings (SSSR count). The maximum absolute atomic E-state index is 13.8. The summed E-state index contributed by atoms with van der Waals surface area (Å²) in [6.45, 7) is 5.74. The van der Waals surface area contributed by atoms with Crippen LogP contribution in [0.25, 0.3) is 5.76 Å². The highest BCUT2D eigenvalue weighted by Crippen LogP contribution is 2.44. The second-order valence-corrected chi connectivity index (χ2v) is 8.75. The van der Waals surface area contributed by atoms with Crippen LogP contribution >= 0.6 is 11.6 Å². The molecule has 1 atom stereocenters. The molecule has 1 amide bonds. The Morgan fingerprint density at radius 2 is 1.94 bits per heavy atom. The van der Waals surface area contributed by atoms with E-state index in [-0.39, 0.29) is 33.7 Å². The number of aryl methyl sites for hydroxylation is 1. The van der Waals surface area contributed by atoms with Crippen LogP contribution in [0.1, 0.15) is 48.3 Å². The van der Waals surface area contributed by atoms with E-state index < -0.39 is 23.5 Å². The molecule has 1 aromatic heterocycles. The number of anilines is 1. The maximum Gasteiger partial charge on any atom is 0.300 e. The molecule has 1 aliphatic heterocycles. The smallest absolute Gasteiger partial charge is 0.300 e. The molecule has 1 fully saturated rings. The third kappa shape index (κ3) is 3.86. The minimum atomic E-state index is -1.07. The summed E-state index contributed by atoms with van der Waals surface area (Å²) in [6.07, 6.45) is 1.41. The van der Waals surface area contributed by atoms with Gasteiger partial charge in [-0.15, -0.1) is 0 Å². The number of carbonyl (C=O) groups excluding carboxylic acids is 2. The average Bonchev–Trinajstić information content (AvgIpc) is 3.42. The third-order valence-electron chi connectivity index (χ3n) is 5.89. The highest BCUT2D eigenvalue weighted by molar-refractivity contribution is 6.51. The van der Waals surface area contributed by atoms with Crippen molar-refractivity contribution in [2.75, 3.05) is 12.0 Å². The number of nitrogens with zero attached hydrogens (tertiary/aromatic N) is 1. The molecule has 0 radical (unpaired) electrons. The van der Waals surface area contributed by atoms with Crippen molar-refractivity contribution < 1.29 is 28.2 Å². The van der Waals surface area contributed by atoms with Gasteiger partial charge in [-0.05, 0) is 66.4 Å². The molecule has 0 saturated carbocycles. The predicted molar refractivity (Wildman–Crippen MR) is 127 cm³/mol. The zero-order valence-electron chi connectivity index (χ0n) is 19.1. The number of methoxy groups -OCH3 is 1. The first-order valence-electron chi connectivity index (χ1n) is 10.6. The van der Waals surface area contributed by atoms with Gasteiger partial charge in [0.15, 0.2) is 0 Å². The first-order chi connectivity index (χ1) is 16.1. The number of carbonyl (C=O) groups is 2. The van der Waals surface area contributed by atoms with Gasteiger partial charge in [0.2, 0.25) is 0 Å². The van der Waals surface area contributed by atoms with Crippen LogP contribution in [0.4, 0.5) is 10.1 Å². The zero-order chi connectivity index (χ0) is 24.7. The number of ketones is 1. The number of ether oxygens (including phenoxy) is 1. The average molecular weight is 484 g/mol. The highest BCUT2D eigenvalue weighted by atomic mass is 35.5. The summed E-state index contributed by atoms with van der Waals surface area (Å²) in [6, 6.07) is 9.40. The van der Waals surface area contributed by atoms with Gasteiger partial charge in [-0.3, -0.25) is 14.5 Å². The summed E-state index contributed by atoms with van der Waals surface area (Å²) in [5.74, 6) is -1.78. The van der Waals surface area contributed by atoms with E-state index in [2.05, 4.69) is 0 Å². The molecule has 8 heteroatoms. The van der Waals surface area contributed by atoms with Crippen molar-refractivity contribution in [2.45, 2.75) is 32.7 Å².